The number of aromatic nitrogens is 3. The second-order valence-corrected chi connectivity index (χ2v) is 6.31. The Hall–Kier alpha value is -3.06. The van der Waals surface area contributed by atoms with E-state index in [2.05, 4.69) is 20.3 Å². The van der Waals surface area contributed by atoms with Gasteiger partial charge in [-0.15, -0.1) is 0 Å². The highest BCUT2D eigenvalue weighted by Gasteiger charge is 2.13. The summed E-state index contributed by atoms with van der Waals surface area (Å²) in [7, 11) is 0. The first-order valence-electron chi connectivity index (χ1n) is 7.79. The topological polar surface area (TPSA) is 77.0 Å². The molecule has 1 N–H and O–H groups in total. The molecule has 2 heterocycles. The van der Waals surface area contributed by atoms with Gasteiger partial charge in [0.1, 0.15) is 11.4 Å². The van der Waals surface area contributed by atoms with E-state index < -0.39 is 0 Å². The molecule has 0 spiro atoms. The van der Waals surface area contributed by atoms with E-state index in [1.54, 1.807) is 0 Å². The Kier molecular flexibility index (Phi) is 3.99. The van der Waals surface area contributed by atoms with E-state index >= 15 is 0 Å². The SMILES string of the molecule is CCOc1ccc2nc(NC(=O)c3cnc4ccccc4n3)sc2c1. The number of anilines is 1. The molecular formula is C18H14N4O2S. The number of nitrogens with one attached hydrogen (secondary N) is 1. The van der Waals surface area contributed by atoms with Crippen LogP contribution in [0.1, 0.15) is 17.4 Å². The average Bonchev–Trinajstić information content (AvgIpc) is 3.03. The van der Waals surface area contributed by atoms with Crippen molar-refractivity contribution in [2.75, 3.05) is 11.9 Å². The average molecular weight is 350 g/mol. The fraction of sp³-hybridized carbons (Fsp3) is 0.111. The van der Waals surface area contributed by atoms with E-state index in [1.165, 1.54) is 17.5 Å². The monoisotopic (exact) mass is 350 g/mol. The number of rotatable bonds is 4. The van der Waals surface area contributed by atoms with E-state index in [9.17, 15) is 4.79 Å². The van der Waals surface area contributed by atoms with Crippen LogP contribution in [0.15, 0.2) is 48.7 Å². The summed E-state index contributed by atoms with van der Waals surface area (Å²) in [6, 6.07) is 13.1. The largest absolute Gasteiger partial charge is 0.494 e. The maximum Gasteiger partial charge on any atom is 0.277 e. The van der Waals surface area contributed by atoms with Crippen LogP contribution in [-0.2, 0) is 0 Å². The van der Waals surface area contributed by atoms with Gasteiger partial charge in [-0.2, -0.15) is 0 Å². The lowest BCUT2D eigenvalue weighted by molar-refractivity contribution is 0.102. The fourth-order valence-corrected chi connectivity index (χ4v) is 3.33. The molecule has 0 radical (unpaired) electrons. The number of hydrogen-bond donors (Lipinski definition) is 1. The van der Waals surface area contributed by atoms with Gasteiger partial charge in [0.15, 0.2) is 5.13 Å². The third-order valence-electron chi connectivity index (χ3n) is 3.57. The molecule has 2 aromatic heterocycles. The predicted molar refractivity (Wildman–Crippen MR) is 98.3 cm³/mol. The molecule has 1 amide bonds. The normalized spacial score (nSPS) is 10.9. The van der Waals surface area contributed by atoms with Crippen LogP contribution in [0.3, 0.4) is 0 Å². The summed E-state index contributed by atoms with van der Waals surface area (Å²) in [4.78, 5) is 25.5. The molecule has 0 fully saturated rings. The van der Waals surface area contributed by atoms with Crippen LogP contribution in [-0.4, -0.2) is 27.5 Å². The van der Waals surface area contributed by atoms with Gasteiger partial charge in [0.25, 0.3) is 5.91 Å². The number of carbonyl (C=O) groups excluding carboxylic acids is 1. The van der Waals surface area contributed by atoms with Gasteiger partial charge in [0.2, 0.25) is 0 Å². The van der Waals surface area contributed by atoms with Crippen LogP contribution < -0.4 is 10.1 Å². The number of benzene rings is 2. The maximum absolute atomic E-state index is 12.4. The van der Waals surface area contributed by atoms with Crippen molar-refractivity contribution in [2.24, 2.45) is 0 Å². The van der Waals surface area contributed by atoms with E-state index in [4.69, 9.17) is 4.74 Å². The molecule has 0 saturated carbocycles. The molecule has 2 aromatic carbocycles. The summed E-state index contributed by atoms with van der Waals surface area (Å²) in [5.41, 5.74) is 2.50. The Morgan fingerprint density at radius 3 is 2.80 bits per heavy atom. The van der Waals surface area contributed by atoms with Gasteiger partial charge in [-0.05, 0) is 37.3 Å². The van der Waals surface area contributed by atoms with Gasteiger partial charge in [-0.1, -0.05) is 23.5 Å². The van der Waals surface area contributed by atoms with Crippen molar-refractivity contribution in [3.05, 3.63) is 54.4 Å². The zero-order valence-corrected chi connectivity index (χ0v) is 14.2. The van der Waals surface area contributed by atoms with Crippen molar-refractivity contribution in [2.45, 2.75) is 6.92 Å². The van der Waals surface area contributed by atoms with Gasteiger partial charge in [0, 0.05) is 0 Å². The summed E-state index contributed by atoms with van der Waals surface area (Å²) < 4.78 is 6.44. The second kappa shape index (κ2) is 6.45. The molecule has 0 bridgehead atoms. The van der Waals surface area contributed by atoms with Crippen LogP contribution in [0.5, 0.6) is 5.75 Å². The third kappa shape index (κ3) is 3.14. The van der Waals surface area contributed by atoms with Crippen molar-refractivity contribution in [1.82, 2.24) is 15.0 Å². The molecule has 124 valence electrons. The molecule has 7 heteroatoms. The van der Waals surface area contributed by atoms with Gasteiger partial charge in [-0.25, -0.2) is 9.97 Å². The van der Waals surface area contributed by atoms with Crippen molar-refractivity contribution in [3.8, 4) is 5.75 Å². The molecule has 6 nitrogen and oxygen atoms in total. The van der Waals surface area contributed by atoms with Crippen molar-refractivity contribution in [3.63, 3.8) is 0 Å². The molecule has 0 saturated heterocycles. The van der Waals surface area contributed by atoms with Gasteiger partial charge in [0.05, 0.1) is 34.1 Å². The van der Waals surface area contributed by atoms with Crippen molar-refractivity contribution < 1.29 is 9.53 Å². The zero-order valence-electron chi connectivity index (χ0n) is 13.4. The minimum absolute atomic E-state index is 0.257. The number of carbonyl (C=O) groups is 1. The summed E-state index contributed by atoms with van der Waals surface area (Å²) in [6.45, 7) is 2.54. The Morgan fingerprint density at radius 2 is 1.96 bits per heavy atom. The molecule has 4 rings (SSSR count). The summed E-state index contributed by atoms with van der Waals surface area (Å²) in [5, 5.41) is 3.31. The van der Waals surface area contributed by atoms with Crippen molar-refractivity contribution >= 4 is 43.6 Å². The summed E-state index contributed by atoms with van der Waals surface area (Å²) >= 11 is 1.39. The predicted octanol–water partition coefficient (Wildman–Crippen LogP) is 3.89. The van der Waals surface area contributed by atoms with Gasteiger partial charge >= 0.3 is 0 Å². The summed E-state index contributed by atoms with van der Waals surface area (Å²) in [5.74, 6) is 0.458. The highest BCUT2D eigenvalue weighted by Crippen LogP contribution is 2.29. The molecular weight excluding hydrogens is 336 g/mol. The van der Waals surface area contributed by atoms with Crippen LogP contribution in [0.2, 0.25) is 0 Å². The molecule has 25 heavy (non-hydrogen) atoms. The Bertz CT molecular complexity index is 1080. The van der Waals surface area contributed by atoms with Crippen LogP contribution >= 0.6 is 11.3 Å². The van der Waals surface area contributed by atoms with Crippen LogP contribution in [0.4, 0.5) is 5.13 Å². The maximum atomic E-state index is 12.4. The van der Waals surface area contributed by atoms with Gasteiger partial charge < -0.3 is 4.74 Å². The van der Waals surface area contributed by atoms with E-state index in [0.717, 1.165) is 21.5 Å². The number of nitrogens with zero attached hydrogens (tertiary/aromatic N) is 3. The Labute approximate surface area is 147 Å². The highest BCUT2D eigenvalue weighted by molar-refractivity contribution is 7.22. The quantitative estimate of drug-likeness (QED) is 0.604. The third-order valence-corrected chi connectivity index (χ3v) is 4.51. The smallest absolute Gasteiger partial charge is 0.277 e. The standard InChI is InChI=1S/C18H14N4O2S/c1-2-24-11-7-8-14-16(9-11)25-18(21-14)22-17(23)15-10-19-12-5-3-4-6-13(12)20-15/h3-10H,2H2,1H3,(H,21,22,23). The molecule has 0 aliphatic carbocycles. The molecule has 4 aromatic rings. The fourth-order valence-electron chi connectivity index (χ4n) is 2.44. The molecule has 0 atom stereocenters. The number of para-hydroxylation sites is 2. The first-order valence-corrected chi connectivity index (χ1v) is 8.61. The number of fused-ring (bicyclic) bond motifs is 2. The number of ether oxygens (including phenoxy) is 1. The molecule has 0 aliphatic heterocycles. The molecule has 0 unspecified atom stereocenters. The Balaban J connectivity index is 1.59. The minimum Gasteiger partial charge on any atom is -0.494 e. The second-order valence-electron chi connectivity index (χ2n) is 5.28. The lowest BCUT2D eigenvalue weighted by atomic mass is 10.3. The number of amides is 1. The van der Waals surface area contributed by atoms with Gasteiger partial charge in [-0.3, -0.25) is 15.1 Å². The Morgan fingerprint density at radius 1 is 1.12 bits per heavy atom. The lowest BCUT2D eigenvalue weighted by Crippen LogP contribution is -2.13. The molecule has 0 aliphatic rings. The van der Waals surface area contributed by atoms with E-state index in [-0.39, 0.29) is 11.6 Å². The van der Waals surface area contributed by atoms with Crippen LogP contribution in [0, 0.1) is 0 Å². The van der Waals surface area contributed by atoms with E-state index in [1.807, 2.05) is 49.4 Å². The first-order chi connectivity index (χ1) is 12.2. The van der Waals surface area contributed by atoms with Crippen LogP contribution in [0.25, 0.3) is 21.3 Å². The van der Waals surface area contributed by atoms with Crippen molar-refractivity contribution in [1.29, 1.82) is 0 Å². The minimum atomic E-state index is -0.331. The van der Waals surface area contributed by atoms with E-state index in [0.29, 0.717) is 17.3 Å². The number of thiazole rings is 1. The highest BCUT2D eigenvalue weighted by atomic mass is 32.1. The zero-order chi connectivity index (χ0) is 17.2. The number of hydrogen-bond acceptors (Lipinski definition) is 6. The summed E-state index contributed by atoms with van der Waals surface area (Å²) in [6.07, 6.45) is 1.47. The lowest BCUT2D eigenvalue weighted by Gasteiger charge is -2.02. The first kappa shape index (κ1) is 15.5.